The van der Waals surface area contributed by atoms with E-state index in [-0.39, 0.29) is 6.04 Å². The van der Waals surface area contributed by atoms with Crippen LogP contribution >= 0.6 is 15.9 Å². The molecule has 1 unspecified atom stereocenters. The highest BCUT2D eigenvalue weighted by atomic mass is 79.9. The summed E-state index contributed by atoms with van der Waals surface area (Å²) in [4.78, 5) is 0. The van der Waals surface area contributed by atoms with Gasteiger partial charge in [-0.25, -0.2) is 0 Å². The van der Waals surface area contributed by atoms with E-state index in [1.54, 1.807) is 0 Å². The van der Waals surface area contributed by atoms with Crippen LogP contribution < -0.4 is 10.5 Å². The number of aromatic nitrogens is 1. The van der Waals surface area contributed by atoms with Crippen LogP contribution in [0.15, 0.2) is 33.3 Å². The number of benzene rings is 1. The lowest BCUT2D eigenvalue weighted by Gasteiger charge is -2.12. The normalized spacial score (nSPS) is 12.4. The lowest BCUT2D eigenvalue weighted by molar-refractivity contribution is 0.246. The van der Waals surface area contributed by atoms with E-state index >= 15 is 0 Å². The molecule has 4 nitrogen and oxygen atoms in total. The van der Waals surface area contributed by atoms with Crippen molar-refractivity contribution in [2.24, 2.45) is 5.73 Å². The van der Waals surface area contributed by atoms with Crippen LogP contribution in [-0.2, 0) is 13.0 Å². The van der Waals surface area contributed by atoms with Crippen LogP contribution in [0.3, 0.4) is 0 Å². The summed E-state index contributed by atoms with van der Waals surface area (Å²) < 4.78 is 11.9. The molecule has 0 aliphatic heterocycles. The Morgan fingerprint density at radius 2 is 2.21 bits per heavy atom. The van der Waals surface area contributed by atoms with Crippen LogP contribution in [0.1, 0.15) is 23.9 Å². The zero-order valence-corrected chi connectivity index (χ0v) is 12.6. The van der Waals surface area contributed by atoms with Gasteiger partial charge in [0.15, 0.2) is 5.76 Å². The van der Waals surface area contributed by atoms with E-state index in [0.29, 0.717) is 12.4 Å². The second-order valence-corrected chi connectivity index (χ2v) is 5.57. The molecule has 0 aliphatic rings. The molecule has 2 rings (SSSR count). The molecule has 0 fully saturated rings. The SMILES string of the molecule is Cc1cc(COc2ccc(Br)cc2CC(C)N)on1. The molecule has 0 amide bonds. The molecule has 5 heteroatoms. The third kappa shape index (κ3) is 4.08. The first-order valence-corrected chi connectivity index (χ1v) is 6.93. The monoisotopic (exact) mass is 324 g/mol. The van der Waals surface area contributed by atoms with Crippen LogP contribution in [0.5, 0.6) is 5.75 Å². The van der Waals surface area contributed by atoms with Gasteiger partial charge >= 0.3 is 0 Å². The Hall–Kier alpha value is -1.33. The summed E-state index contributed by atoms with van der Waals surface area (Å²) in [5.74, 6) is 1.54. The van der Waals surface area contributed by atoms with Crippen molar-refractivity contribution in [3.63, 3.8) is 0 Å². The molecule has 2 N–H and O–H groups in total. The molecule has 1 aromatic heterocycles. The number of nitrogens with zero attached hydrogens (tertiary/aromatic N) is 1. The maximum absolute atomic E-state index is 5.85. The van der Waals surface area contributed by atoms with E-state index in [1.165, 1.54) is 0 Å². The summed E-state index contributed by atoms with van der Waals surface area (Å²) in [6.45, 7) is 4.23. The Balaban J connectivity index is 2.10. The summed E-state index contributed by atoms with van der Waals surface area (Å²) >= 11 is 3.46. The van der Waals surface area contributed by atoms with E-state index in [4.69, 9.17) is 15.0 Å². The minimum absolute atomic E-state index is 0.0872. The summed E-state index contributed by atoms with van der Waals surface area (Å²) in [6.07, 6.45) is 0.768. The number of aryl methyl sites for hydroxylation is 1. The van der Waals surface area contributed by atoms with Gasteiger partial charge in [0.2, 0.25) is 0 Å². The van der Waals surface area contributed by atoms with Crippen molar-refractivity contribution in [2.45, 2.75) is 32.9 Å². The lowest BCUT2D eigenvalue weighted by atomic mass is 10.1. The van der Waals surface area contributed by atoms with Gasteiger partial charge in [-0.05, 0) is 44.0 Å². The molecule has 0 aliphatic carbocycles. The lowest BCUT2D eigenvalue weighted by Crippen LogP contribution is -2.18. The molecule has 1 heterocycles. The highest BCUT2D eigenvalue weighted by molar-refractivity contribution is 9.10. The first kappa shape index (κ1) is 14.1. The summed E-state index contributed by atoms with van der Waals surface area (Å²) in [6, 6.07) is 7.87. The largest absolute Gasteiger partial charge is 0.485 e. The van der Waals surface area contributed by atoms with E-state index in [9.17, 15) is 0 Å². The molecule has 102 valence electrons. The van der Waals surface area contributed by atoms with Crippen LogP contribution in [-0.4, -0.2) is 11.2 Å². The van der Waals surface area contributed by atoms with E-state index in [1.807, 2.05) is 38.1 Å². The molecule has 0 spiro atoms. The second-order valence-electron chi connectivity index (χ2n) is 4.66. The maximum Gasteiger partial charge on any atom is 0.174 e. The predicted octanol–water partition coefficient (Wildman–Crippen LogP) is 3.21. The molecule has 2 aromatic rings. The van der Waals surface area contributed by atoms with E-state index in [2.05, 4.69) is 21.1 Å². The van der Waals surface area contributed by atoms with Crippen molar-refractivity contribution < 1.29 is 9.26 Å². The van der Waals surface area contributed by atoms with E-state index in [0.717, 1.165) is 27.9 Å². The Labute approximate surface area is 121 Å². The average Bonchev–Trinajstić information content (AvgIpc) is 2.73. The van der Waals surface area contributed by atoms with Crippen LogP contribution in [0.4, 0.5) is 0 Å². The molecule has 19 heavy (non-hydrogen) atoms. The highest BCUT2D eigenvalue weighted by Crippen LogP contribution is 2.25. The topological polar surface area (TPSA) is 61.3 Å². The minimum atomic E-state index is 0.0872. The molecule has 1 aromatic carbocycles. The minimum Gasteiger partial charge on any atom is -0.485 e. The van der Waals surface area contributed by atoms with Crippen LogP contribution in [0.25, 0.3) is 0 Å². The van der Waals surface area contributed by atoms with Crippen molar-refractivity contribution in [1.82, 2.24) is 5.16 Å². The van der Waals surface area contributed by atoms with Crippen molar-refractivity contribution in [1.29, 1.82) is 0 Å². The van der Waals surface area contributed by atoms with Crippen molar-refractivity contribution in [3.8, 4) is 5.75 Å². The van der Waals surface area contributed by atoms with Gasteiger partial charge in [0, 0.05) is 16.6 Å². The molecule has 0 saturated heterocycles. The number of halogens is 1. The van der Waals surface area contributed by atoms with Crippen molar-refractivity contribution in [3.05, 3.63) is 45.8 Å². The van der Waals surface area contributed by atoms with Gasteiger partial charge in [0.25, 0.3) is 0 Å². The first-order valence-electron chi connectivity index (χ1n) is 6.13. The van der Waals surface area contributed by atoms with Crippen LogP contribution in [0, 0.1) is 6.92 Å². The maximum atomic E-state index is 5.85. The number of ether oxygens (including phenoxy) is 1. The third-order valence-electron chi connectivity index (χ3n) is 2.61. The molecular weight excluding hydrogens is 308 g/mol. The molecule has 0 bridgehead atoms. The van der Waals surface area contributed by atoms with Gasteiger partial charge in [-0.15, -0.1) is 0 Å². The van der Waals surface area contributed by atoms with Gasteiger partial charge in [-0.2, -0.15) is 0 Å². The number of nitrogens with two attached hydrogens (primary N) is 1. The Morgan fingerprint density at radius 3 is 2.84 bits per heavy atom. The fourth-order valence-electron chi connectivity index (χ4n) is 1.83. The Morgan fingerprint density at radius 1 is 1.42 bits per heavy atom. The van der Waals surface area contributed by atoms with Crippen molar-refractivity contribution in [2.75, 3.05) is 0 Å². The Bertz CT molecular complexity index is 552. The molecule has 0 radical (unpaired) electrons. The summed E-state index contributed by atoms with van der Waals surface area (Å²) in [7, 11) is 0. The Kier molecular flexibility index (Phi) is 4.61. The second kappa shape index (κ2) is 6.21. The van der Waals surface area contributed by atoms with Gasteiger partial charge in [0.05, 0.1) is 5.69 Å². The molecule has 0 saturated carbocycles. The van der Waals surface area contributed by atoms with Crippen LogP contribution in [0.2, 0.25) is 0 Å². The fourth-order valence-corrected chi connectivity index (χ4v) is 2.24. The van der Waals surface area contributed by atoms with Gasteiger partial charge < -0.3 is 15.0 Å². The predicted molar refractivity (Wildman–Crippen MR) is 77.1 cm³/mol. The summed E-state index contributed by atoms with van der Waals surface area (Å²) in [5, 5.41) is 3.83. The fraction of sp³-hybridized carbons (Fsp3) is 0.357. The quantitative estimate of drug-likeness (QED) is 0.917. The number of rotatable bonds is 5. The highest BCUT2D eigenvalue weighted by Gasteiger charge is 2.09. The van der Waals surface area contributed by atoms with Gasteiger partial charge in [0.1, 0.15) is 12.4 Å². The standard InChI is InChI=1S/C14H17BrN2O2/c1-9(16)5-11-7-12(15)3-4-14(11)18-8-13-6-10(2)17-19-13/h3-4,6-7,9H,5,8,16H2,1-2H3. The van der Waals surface area contributed by atoms with Crippen molar-refractivity contribution >= 4 is 15.9 Å². The molecular formula is C14H17BrN2O2. The zero-order valence-electron chi connectivity index (χ0n) is 11.0. The van der Waals surface area contributed by atoms with Gasteiger partial charge in [-0.1, -0.05) is 21.1 Å². The number of hydrogen-bond acceptors (Lipinski definition) is 4. The zero-order chi connectivity index (χ0) is 13.8. The third-order valence-corrected chi connectivity index (χ3v) is 3.10. The molecule has 1 atom stereocenters. The smallest absolute Gasteiger partial charge is 0.174 e. The van der Waals surface area contributed by atoms with Gasteiger partial charge in [-0.3, -0.25) is 0 Å². The first-order chi connectivity index (χ1) is 9.04. The number of hydrogen-bond donors (Lipinski definition) is 1. The summed E-state index contributed by atoms with van der Waals surface area (Å²) in [5.41, 5.74) is 7.79. The van der Waals surface area contributed by atoms with E-state index < -0.39 is 0 Å². The average molecular weight is 325 g/mol.